The highest BCUT2D eigenvalue weighted by molar-refractivity contribution is 6.32. The van der Waals surface area contributed by atoms with E-state index in [0.717, 1.165) is 11.4 Å². The second-order valence-corrected chi connectivity index (χ2v) is 2.16. The first kappa shape index (κ1) is 7.86. The fourth-order valence-electron chi connectivity index (χ4n) is 0.863. The summed E-state index contributed by atoms with van der Waals surface area (Å²) in [5, 5.41) is 2.94. The van der Waals surface area contributed by atoms with Crippen LogP contribution in [0.2, 0.25) is 0 Å². The Balaban J connectivity index is 3.16. The largest absolute Gasteiger partial charge is 0.373 e. The van der Waals surface area contributed by atoms with Crippen molar-refractivity contribution in [3.05, 3.63) is 24.4 Å². The van der Waals surface area contributed by atoms with Crippen LogP contribution in [0.4, 0.5) is 5.82 Å². The SMILES string of the molecule is [B]c1cnc(NC)c(C=C)c1. The van der Waals surface area contributed by atoms with Crippen molar-refractivity contribution in [2.45, 2.75) is 0 Å². The fourth-order valence-corrected chi connectivity index (χ4v) is 0.863. The Morgan fingerprint density at radius 2 is 2.45 bits per heavy atom. The molecule has 0 aliphatic heterocycles. The van der Waals surface area contributed by atoms with Crippen molar-refractivity contribution in [2.75, 3.05) is 12.4 Å². The second-order valence-electron chi connectivity index (χ2n) is 2.16. The Labute approximate surface area is 67.8 Å². The van der Waals surface area contributed by atoms with Crippen LogP contribution < -0.4 is 10.8 Å². The first-order chi connectivity index (χ1) is 5.27. The van der Waals surface area contributed by atoms with E-state index in [1.807, 2.05) is 13.1 Å². The summed E-state index contributed by atoms with van der Waals surface area (Å²) in [6, 6.07) is 1.83. The first-order valence-electron chi connectivity index (χ1n) is 3.33. The van der Waals surface area contributed by atoms with Gasteiger partial charge < -0.3 is 5.32 Å². The molecule has 0 aromatic carbocycles. The lowest BCUT2D eigenvalue weighted by molar-refractivity contribution is 1.29. The van der Waals surface area contributed by atoms with Crippen LogP contribution in [0, 0.1) is 0 Å². The summed E-state index contributed by atoms with van der Waals surface area (Å²) in [4.78, 5) is 4.06. The maximum absolute atomic E-state index is 5.52. The van der Waals surface area contributed by atoms with Gasteiger partial charge in [0.25, 0.3) is 0 Å². The van der Waals surface area contributed by atoms with Gasteiger partial charge in [-0.3, -0.25) is 0 Å². The van der Waals surface area contributed by atoms with Crippen LogP contribution >= 0.6 is 0 Å². The van der Waals surface area contributed by atoms with Crippen LogP contribution in [0.1, 0.15) is 5.56 Å². The lowest BCUT2D eigenvalue weighted by atomic mass is 9.97. The van der Waals surface area contributed by atoms with E-state index in [1.165, 1.54) is 0 Å². The Bertz CT molecular complexity index is 271. The summed E-state index contributed by atoms with van der Waals surface area (Å²) in [6.45, 7) is 3.65. The van der Waals surface area contributed by atoms with Gasteiger partial charge in [-0.15, -0.1) is 0 Å². The lowest BCUT2D eigenvalue weighted by Gasteiger charge is -2.03. The predicted octanol–water partition coefficient (Wildman–Crippen LogP) is 0.560. The Morgan fingerprint density at radius 3 is 3.00 bits per heavy atom. The highest BCUT2D eigenvalue weighted by Gasteiger charge is 1.96. The molecule has 0 saturated heterocycles. The number of rotatable bonds is 2. The van der Waals surface area contributed by atoms with E-state index in [2.05, 4.69) is 16.9 Å². The predicted molar refractivity (Wildman–Crippen MR) is 49.3 cm³/mol. The number of anilines is 1. The van der Waals surface area contributed by atoms with Crippen molar-refractivity contribution in [1.29, 1.82) is 0 Å². The summed E-state index contributed by atoms with van der Waals surface area (Å²) in [5.41, 5.74) is 1.58. The van der Waals surface area contributed by atoms with Crippen LogP contribution in [-0.2, 0) is 0 Å². The molecule has 0 bridgehead atoms. The molecule has 1 aromatic heterocycles. The zero-order chi connectivity index (χ0) is 8.27. The van der Waals surface area contributed by atoms with E-state index in [9.17, 15) is 0 Å². The summed E-state index contributed by atoms with van der Waals surface area (Å²) in [6.07, 6.45) is 3.33. The number of hydrogen-bond acceptors (Lipinski definition) is 2. The zero-order valence-electron chi connectivity index (χ0n) is 6.46. The molecule has 11 heavy (non-hydrogen) atoms. The molecule has 1 N–H and O–H groups in total. The number of hydrogen-bond donors (Lipinski definition) is 1. The highest BCUT2D eigenvalue weighted by Crippen LogP contribution is 2.09. The van der Waals surface area contributed by atoms with Crippen molar-refractivity contribution in [2.24, 2.45) is 0 Å². The molecule has 1 heterocycles. The average molecular weight is 144 g/mol. The van der Waals surface area contributed by atoms with Crippen molar-refractivity contribution >= 4 is 25.2 Å². The number of nitrogens with one attached hydrogen (secondary N) is 1. The summed E-state index contributed by atoms with van der Waals surface area (Å²) in [7, 11) is 7.33. The van der Waals surface area contributed by atoms with E-state index in [4.69, 9.17) is 7.85 Å². The molecule has 2 radical (unpaired) electrons. The molecule has 0 unspecified atom stereocenters. The van der Waals surface area contributed by atoms with Crippen LogP contribution in [0.3, 0.4) is 0 Å². The molecule has 54 valence electrons. The maximum atomic E-state index is 5.52. The highest BCUT2D eigenvalue weighted by atomic mass is 15.0. The van der Waals surface area contributed by atoms with E-state index in [0.29, 0.717) is 5.46 Å². The van der Waals surface area contributed by atoms with Crippen molar-refractivity contribution in [1.82, 2.24) is 4.98 Å². The number of aromatic nitrogens is 1. The molecule has 0 amide bonds. The molecule has 0 spiro atoms. The normalized spacial score (nSPS) is 9.18. The van der Waals surface area contributed by atoms with Gasteiger partial charge in [-0.1, -0.05) is 24.2 Å². The van der Waals surface area contributed by atoms with Gasteiger partial charge in [0, 0.05) is 18.8 Å². The minimum absolute atomic E-state index is 0.652. The van der Waals surface area contributed by atoms with E-state index < -0.39 is 0 Å². The third kappa shape index (κ3) is 1.61. The first-order valence-corrected chi connectivity index (χ1v) is 3.33. The van der Waals surface area contributed by atoms with E-state index in [-0.39, 0.29) is 0 Å². The van der Waals surface area contributed by atoms with Crippen LogP contribution in [0.15, 0.2) is 18.8 Å². The molecule has 0 aliphatic carbocycles. The summed E-state index contributed by atoms with van der Waals surface area (Å²) < 4.78 is 0. The molecule has 1 aromatic rings. The summed E-state index contributed by atoms with van der Waals surface area (Å²) in [5.74, 6) is 0.800. The minimum Gasteiger partial charge on any atom is -0.373 e. The molecule has 0 atom stereocenters. The van der Waals surface area contributed by atoms with Gasteiger partial charge in [-0.2, -0.15) is 0 Å². The lowest BCUT2D eigenvalue weighted by Crippen LogP contribution is -2.06. The number of nitrogens with zero attached hydrogens (tertiary/aromatic N) is 1. The van der Waals surface area contributed by atoms with Crippen molar-refractivity contribution in [3.63, 3.8) is 0 Å². The molecule has 0 saturated carbocycles. The molecule has 1 rings (SSSR count). The number of pyridine rings is 1. The second kappa shape index (κ2) is 3.24. The molecular weight excluding hydrogens is 135 g/mol. The van der Waals surface area contributed by atoms with Gasteiger partial charge in [0.1, 0.15) is 13.7 Å². The average Bonchev–Trinajstić information content (AvgIpc) is 2.04. The topological polar surface area (TPSA) is 24.9 Å². The summed E-state index contributed by atoms with van der Waals surface area (Å²) >= 11 is 0. The Hall–Kier alpha value is -1.25. The van der Waals surface area contributed by atoms with Gasteiger partial charge >= 0.3 is 0 Å². The smallest absolute Gasteiger partial charge is 0.132 e. The van der Waals surface area contributed by atoms with Crippen LogP contribution in [0.25, 0.3) is 6.08 Å². The van der Waals surface area contributed by atoms with E-state index in [1.54, 1.807) is 12.3 Å². The van der Waals surface area contributed by atoms with Gasteiger partial charge in [0.05, 0.1) is 0 Å². The zero-order valence-corrected chi connectivity index (χ0v) is 6.46. The molecule has 0 fully saturated rings. The van der Waals surface area contributed by atoms with Crippen molar-refractivity contribution < 1.29 is 0 Å². The van der Waals surface area contributed by atoms with E-state index >= 15 is 0 Å². The van der Waals surface area contributed by atoms with Gasteiger partial charge in [0.2, 0.25) is 0 Å². The Morgan fingerprint density at radius 1 is 1.73 bits per heavy atom. The van der Waals surface area contributed by atoms with Gasteiger partial charge in [0.15, 0.2) is 0 Å². The molecule has 2 nitrogen and oxygen atoms in total. The quantitative estimate of drug-likeness (QED) is 0.613. The third-order valence-corrected chi connectivity index (χ3v) is 1.40. The van der Waals surface area contributed by atoms with Crippen molar-refractivity contribution in [3.8, 4) is 0 Å². The molecule has 3 heteroatoms. The minimum atomic E-state index is 0.652. The standard InChI is InChI=1S/C8H9BN2/c1-3-6-4-7(9)5-11-8(6)10-2/h3-5H,1H2,2H3,(H,10,11). The fraction of sp³-hybridized carbons (Fsp3) is 0.125. The molecular formula is C8H9BN2. The molecule has 0 aliphatic rings. The third-order valence-electron chi connectivity index (χ3n) is 1.40. The van der Waals surface area contributed by atoms with Gasteiger partial charge in [-0.25, -0.2) is 4.98 Å². The van der Waals surface area contributed by atoms with Crippen LogP contribution in [-0.4, -0.2) is 19.9 Å². The maximum Gasteiger partial charge on any atom is 0.132 e. The van der Waals surface area contributed by atoms with Gasteiger partial charge in [-0.05, 0) is 0 Å². The van der Waals surface area contributed by atoms with Crippen LogP contribution in [0.5, 0.6) is 0 Å². The Kier molecular flexibility index (Phi) is 2.31. The monoisotopic (exact) mass is 144 g/mol.